The van der Waals surface area contributed by atoms with E-state index in [0.717, 1.165) is 55.7 Å². The van der Waals surface area contributed by atoms with Crippen LogP contribution in [0.25, 0.3) is 11.3 Å². The molecule has 0 spiro atoms. The lowest BCUT2D eigenvalue weighted by Crippen LogP contribution is -2.54. The van der Waals surface area contributed by atoms with Gasteiger partial charge in [0.15, 0.2) is 5.69 Å². The van der Waals surface area contributed by atoms with Gasteiger partial charge in [-0.25, -0.2) is 4.98 Å². The summed E-state index contributed by atoms with van der Waals surface area (Å²) in [6, 6.07) is 9.75. The topological polar surface area (TPSA) is 110 Å². The van der Waals surface area contributed by atoms with E-state index >= 15 is 0 Å². The number of nitrogens with zero attached hydrogens (tertiary/aromatic N) is 6. The third-order valence-corrected chi connectivity index (χ3v) is 8.59. The van der Waals surface area contributed by atoms with E-state index in [2.05, 4.69) is 21.8 Å². The molecule has 208 valence electrons. The number of ether oxygens (including phenoxy) is 1. The third kappa shape index (κ3) is 5.37. The Morgan fingerprint density at radius 2 is 2.05 bits per heavy atom. The molecule has 6 rings (SSSR count). The summed E-state index contributed by atoms with van der Waals surface area (Å²) in [5.41, 5.74) is 2.20. The van der Waals surface area contributed by atoms with E-state index in [4.69, 9.17) is 9.72 Å². The fourth-order valence-corrected chi connectivity index (χ4v) is 6.35. The van der Waals surface area contributed by atoms with Crippen molar-refractivity contribution in [2.75, 3.05) is 33.4 Å². The standard InChI is InChI=1S/C29H39N7O3/c1-39-19-29(38)13-6-5-9-25(29)36-20-31-26(27(36)22-7-3-2-4-8-22)28(37)35-16-14-30-17-23(35)12-15-34-18-24(32-33-34)21-10-11-21/h2-4,7-8,18,20-21,23,25,30,38H,5-6,9-17,19H2,1H3/t23-,25-,29-/m1/s1. The molecule has 3 aliphatic rings. The van der Waals surface area contributed by atoms with Crippen molar-refractivity contribution in [3.05, 3.63) is 54.2 Å². The second-order valence-electron chi connectivity index (χ2n) is 11.3. The van der Waals surface area contributed by atoms with E-state index in [1.807, 2.05) is 44.5 Å². The molecule has 2 N–H and O–H groups in total. The molecule has 0 radical (unpaired) electrons. The van der Waals surface area contributed by atoms with Crippen molar-refractivity contribution >= 4 is 5.91 Å². The molecule has 1 amide bonds. The number of aliphatic hydroxyl groups is 1. The monoisotopic (exact) mass is 533 g/mol. The van der Waals surface area contributed by atoms with Crippen LogP contribution in [0.1, 0.15) is 73.1 Å². The first-order valence-electron chi connectivity index (χ1n) is 14.3. The number of aryl methyl sites for hydroxylation is 1. The Labute approximate surface area is 229 Å². The zero-order valence-corrected chi connectivity index (χ0v) is 22.7. The van der Waals surface area contributed by atoms with E-state index in [1.54, 1.807) is 13.4 Å². The molecule has 1 aliphatic heterocycles. The van der Waals surface area contributed by atoms with Crippen LogP contribution in [0.4, 0.5) is 0 Å². The van der Waals surface area contributed by atoms with E-state index in [9.17, 15) is 9.90 Å². The van der Waals surface area contributed by atoms with Crippen molar-refractivity contribution in [2.24, 2.45) is 0 Å². The van der Waals surface area contributed by atoms with Crippen LogP contribution < -0.4 is 5.32 Å². The summed E-state index contributed by atoms with van der Waals surface area (Å²) >= 11 is 0. The van der Waals surface area contributed by atoms with Gasteiger partial charge >= 0.3 is 0 Å². The largest absolute Gasteiger partial charge is 0.385 e. The van der Waals surface area contributed by atoms with Crippen molar-refractivity contribution in [3.8, 4) is 11.3 Å². The Hall–Kier alpha value is -3.08. The molecule has 0 bridgehead atoms. The summed E-state index contributed by atoms with van der Waals surface area (Å²) in [5.74, 6) is 0.507. The van der Waals surface area contributed by atoms with Gasteiger partial charge in [0.1, 0.15) is 5.60 Å². The number of aromatic nitrogens is 5. The minimum Gasteiger partial charge on any atom is -0.385 e. The fourth-order valence-electron chi connectivity index (χ4n) is 6.35. The van der Waals surface area contributed by atoms with E-state index in [1.165, 1.54) is 12.8 Å². The number of methoxy groups -OCH3 is 1. The lowest BCUT2D eigenvalue weighted by molar-refractivity contribution is -0.0893. The van der Waals surface area contributed by atoms with Gasteiger partial charge in [0, 0.05) is 57.0 Å². The summed E-state index contributed by atoms with van der Waals surface area (Å²) in [7, 11) is 1.63. The highest BCUT2D eigenvalue weighted by atomic mass is 16.5. The zero-order valence-electron chi connectivity index (χ0n) is 22.7. The van der Waals surface area contributed by atoms with Crippen LogP contribution in [-0.2, 0) is 11.3 Å². The first-order valence-corrected chi connectivity index (χ1v) is 14.3. The van der Waals surface area contributed by atoms with Crippen LogP contribution in [0.2, 0.25) is 0 Å². The molecule has 3 fully saturated rings. The van der Waals surface area contributed by atoms with Crippen LogP contribution in [0.15, 0.2) is 42.9 Å². The SMILES string of the molecule is COC[C@]1(O)CCCC[C@H]1n1cnc(C(=O)N2CCNC[C@H]2CCn2cc(C3CC3)nn2)c1-c1ccccc1. The molecule has 10 heteroatoms. The Kier molecular flexibility index (Phi) is 7.51. The highest BCUT2D eigenvalue weighted by Gasteiger charge is 2.42. The molecule has 3 atom stereocenters. The van der Waals surface area contributed by atoms with Crippen LogP contribution >= 0.6 is 0 Å². The number of carbonyl (C=O) groups excluding carboxylic acids is 1. The quantitative estimate of drug-likeness (QED) is 0.435. The average Bonchev–Trinajstić information content (AvgIpc) is 3.54. The number of hydrogen-bond acceptors (Lipinski definition) is 7. The Bertz CT molecular complexity index is 1270. The summed E-state index contributed by atoms with van der Waals surface area (Å²) in [6.45, 7) is 3.05. The van der Waals surface area contributed by atoms with Crippen molar-refractivity contribution in [1.29, 1.82) is 0 Å². The van der Waals surface area contributed by atoms with Gasteiger partial charge in [-0.15, -0.1) is 5.10 Å². The first-order chi connectivity index (χ1) is 19.1. The van der Waals surface area contributed by atoms with Crippen molar-refractivity contribution in [1.82, 2.24) is 34.8 Å². The molecule has 2 aliphatic carbocycles. The number of carbonyl (C=O) groups is 1. The maximum atomic E-state index is 14.2. The molecule has 2 saturated carbocycles. The highest BCUT2D eigenvalue weighted by molar-refractivity contribution is 5.98. The Morgan fingerprint density at radius 3 is 2.85 bits per heavy atom. The van der Waals surface area contributed by atoms with Gasteiger partial charge in [0.25, 0.3) is 5.91 Å². The average molecular weight is 534 g/mol. The second kappa shape index (κ2) is 11.2. The molecule has 2 aromatic heterocycles. The van der Waals surface area contributed by atoms with E-state index in [0.29, 0.717) is 31.1 Å². The normalized spacial score (nSPS) is 25.6. The molecule has 10 nitrogen and oxygen atoms in total. The zero-order chi connectivity index (χ0) is 26.8. The molecule has 3 heterocycles. The lowest BCUT2D eigenvalue weighted by Gasteiger charge is -2.41. The van der Waals surface area contributed by atoms with Crippen molar-refractivity contribution in [2.45, 2.75) is 75.1 Å². The minimum atomic E-state index is -1.01. The number of rotatable bonds is 9. The number of amides is 1. The van der Waals surface area contributed by atoms with E-state index < -0.39 is 5.60 Å². The predicted molar refractivity (Wildman–Crippen MR) is 146 cm³/mol. The van der Waals surface area contributed by atoms with Gasteiger partial charge in [-0.2, -0.15) is 0 Å². The summed E-state index contributed by atoms with van der Waals surface area (Å²) in [5, 5.41) is 23.7. The van der Waals surface area contributed by atoms with Gasteiger partial charge in [0.2, 0.25) is 0 Å². The number of imidazole rings is 1. The van der Waals surface area contributed by atoms with Gasteiger partial charge in [0.05, 0.1) is 30.4 Å². The number of hydrogen-bond donors (Lipinski definition) is 2. The Morgan fingerprint density at radius 1 is 1.21 bits per heavy atom. The number of benzene rings is 1. The highest BCUT2D eigenvalue weighted by Crippen LogP contribution is 2.41. The molecule has 1 saturated heterocycles. The van der Waals surface area contributed by atoms with Gasteiger partial charge in [-0.3, -0.25) is 9.48 Å². The second-order valence-corrected chi connectivity index (χ2v) is 11.3. The van der Waals surface area contributed by atoms with E-state index in [-0.39, 0.29) is 24.6 Å². The summed E-state index contributed by atoms with van der Waals surface area (Å²) in [4.78, 5) is 20.9. The maximum Gasteiger partial charge on any atom is 0.275 e. The maximum absolute atomic E-state index is 14.2. The smallest absolute Gasteiger partial charge is 0.275 e. The van der Waals surface area contributed by atoms with Gasteiger partial charge in [-0.1, -0.05) is 48.4 Å². The van der Waals surface area contributed by atoms with Crippen LogP contribution in [0.5, 0.6) is 0 Å². The van der Waals surface area contributed by atoms with Crippen LogP contribution in [0.3, 0.4) is 0 Å². The molecule has 39 heavy (non-hydrogen) atoms. The Balaban J connectivity index is 1.29. The molecular weight excluding hydrogens is 494 g/mol. The molecule has 0 unspecified atom stereocenters. The first kappa shape index (κ1) is 26.2. The van der Waals surface area contributed by atoms with Gasteiger partial charge in [-0.05, 0) is 32.1 Å². The molecule has 3 aromatic rings. The van der Waals surface area contributed by atoms with Crippen molar-refractivity contribution in [3.63, 3.8) is 0 Å². The third-order valence-electron chi connectivity index (χ3n) is 8.59. The number of nitrogens with one attached hydrogen (secondary N) is 1. The van der Waals surface area contributed by atoms with Gasteiger partial charge < -0.3 is 24.6 Å². The van der Waals surface area contributed by atoms with Crippen LogP contribution in [-0.4, -0.2) is 85.5 Å². The predicted octanol–water partition coefficient (Wildman–Crippen LogP) is 3.02. The number of piperazine rings is 1. The lowest BCUT2D eigenvalue weighted by atomic mass is 9.80. The summed E-state index contributed by atoms with van der Waals surface area (Å²) < 4.78 is 9.40. The summed E-state index contributed by atoms with van der Waals surface area (Å²) in [6.07, 6.45) is 10.4. The van der Waals surface area contributed by atoms with Crippen LogP contribution in [0, 0.1) is 0 Å². The van der Waals surface area contributed by atoms with Crippen molar-refractivity contribution < 1.29 is 14.6 Å². The minimum absolute atomic E-state index is 0.0219. The molecular formula is C29H39N7O3. The fraction of sp³-hybridized carbons (Fsp3) is 0.586. The molecule has 1 aromatic carbocycles.